The lowest BCUT2D eigenvalue weighted by Crippen LogP contribution is -2.43. The van der Waals surface area contributed by atoms with Crippen molar-refractivity contribution in [1.82, 2.24) is 9.88 Å². The number of hydrogen-bond acceptors (Lipinski definition) is 5. The molecule has 1 saturated heterocycles. The van der Waals surface area contributed by atoms with Crippen LogP contribution >= 0.6 is 0 Å². The minimum absolute atomic E-state index is 0.0139. The SMILES string of the molecule is COc1cc(F)ccc1[C@H](C(=O)O)N1CCC(Oc2cccnc2)CC1. The Balaban J connectivity index is 1.70. The number of aromatic nitrogens is 1. The van der Waals surface area contributed by atoms with Gasteiger partial charge >= 0.3 is 5.97 Å². The van der Waals surface area contributed by atoms with E-state index in [4.69, 9.17) is 9.47 Å². The van der Waals surface area contributed by atoms with Crippen LogP contribution < -0.4 is 9.47 Å². The zero-order chi connectivity index (χ0) is 18.5. The lowest BCUT2D eigenvalue weighted by molar-refractivity contribution is -0.144. The van der Waals surface area contributed by atoms with Gasteiger partial charge in [-0.3, -0.25) is 14.7 Å². The minimum Gasteiger partial charge on any atom is -0.496 e. The fraction of sp³-hybridized carbons (Fsp3) is 0.368. The molecular formula is C19H21FN2O4. The number of carboxylic acid groups (broad SMARTS) is 1. The first-order valence-electron chi connectivity index (χ1n) is 8.45. The third-order valence-electron chi connectivity index (χ3n) is 4.50. The van der Waals surface area contributed by atoms with E-state index in [9.17, 15) is 14.3 Å². The number of ether oxygens (including phenoxy) is 2. The summed E-state index contributed by atoms with van der Waals surface area (Å²) in [4.78, 5) is 17.8. The molecule has 1 atom stereocenters. The summed E-state index contributed by atoms with van der Waals surface area (Å²) in [5.74, 6) is -0.494. The van der Waals surface area contributed by atoms with Crippen LogP contribution in [0.4, 0.5) is 4.39 Å². The van der Waals surface area contributed by atoms with Gasteiger partial charge in [0.15, 0.2) is 0 Å². The molecule has 6 nitrogen and oxygen atoms in total. The largest absolute Gasteiger partial charge is 0.496 e. The summed E-state index contributed by atoms with van der Waals surface area (Å²) >= 11 is 0. The summed E-state index contributed by atoms with van der Waals surface area (Å²) in [7, 11) is 1.41. The third kappa shape index (κ3) is 4.11. The molecule has 0 aliphatic carbocycles. The molecule has 1 aliphatic heterocycles. The molecule has 3 rings (SSSR count). The smallest absolute Gasteiger partial charge is 0.325 e. The second-order valence-corrected chi connectivity index (χ2v) is 6.17. The Morgan fingerprint density at radius 1 is 1.35 bits per heavy atom. The maximum atomic E-state index is 13.4. The first-order valence-corrected chi connectivity index (χ1v) is 8.45. The topological polar surface area (TPSA) is 71.9 Å². The van der Waals surface area contributed by atoms with Crippen LogP contribution in [0.25, 0.3) is 0 Å². The molecule has 2 aromatic rings. The Kier molecular flexibility index (Phi) is 5.68. The van der Waals surface area contributed by atoms with Crippen LogP contribution in [0.2, 0.25) is 0 Å². The van der Waals surface area contributed by atoms with Crippen LogP contribution in [0.3, 0.4) is 0 Å². The van der Waals surface area contributed by atoms with Gasteiger partial charge in [0.25, 0.3) is 0 Å². The van der Waals surface area contributed by atoms with Gasteiger partial charge in [-0.25, -0.2) is 4.39 Å². The molecule has 0 bridgehead atoms. The Morgan fingerprint density at radius 2 is 2.12 bits per heavy atom. The van der Waals surface area contributed by atoms with Gasteiger partial charge in [0.1, 0.15) is 29.5 Å². The number of benzene rings is 1. The summed E-state index contributed by atoms with van der Waals surface area (Å²) < 4.78 is 24.5. The van der Waals surface area contributed by atoms with Crippen molar-refractivity contribution >= 4 is 5.97 Å². The maximum absolute atomic E-state index is 13.4. The Hall–Kier alpha value is -2.67. The van der Waals surface area contributed by atoms with E-state index in [1.54, 1.807) is 12.4 Å². The van der Waals surface area contributed by atoms with Crippen LogP contribution in [0.15, 0.2) is 42.7 Å². The number of carbonyl (C=O) groups is 1. The molecule has 1 fully saturated rings. The molecule has 7 heteroatoms. The highest BCUT2D eigenvalue weighted by Crippen LogP contribution is 2.32. The molecule has 0 unspecified atom stereocenters. The number of nitrogens with zero attached hydrogens (tertiary/aromatic N) is 2. The predicted molar refractivity (Wildman–Crippen MR) is 92.8 cm³/mol. The van der Waals surface area contributed by atoms with Gasteiger partial charge in [-0.2, -0.15) is 0 Å². The van der Waals surface area contributed by atoms with Crippen molar-refractivity contribution in [1.29, 1.82) is 0 Å². The molecule has 1 aliphatic rings. The van der Waals surface area contributed by atoms with Gasteiger partial charge in [-0.05, 0) is 31.0 Å². The van der Waals surface area contributed by atoms with Gasteiger partial charge < -0.3 is 14.6 Å². The number of rotatable bonds is 6. The summed E-state index contributed by atoms with van der Waals surface area (Å²) in [5.41, 5.74) is 0.452. The number of aliphatic carboxylic acids is 1. The van der Waals surface area contributed by atoms with E-state index in [0.29, 0.717) is 37.2 Å². The molecule has 1 N–H and O–H groups in total. The molecule has 0 radical (unpaired) electrons. The Bertz CT molecular complexity index is 748. The second-order valence-electron chi connectivity index (χ2n) is 6.17. The van der Waals surface area contributed by atoms with E-state index in [1.165, 1.54) is 25.3 Å². The molecule has 0 saturated carbocycles. The quantitative estimate of drug-likeness (QED) is 0.854. The molecule has 138 valence electrons. The first-order chi connectivity index (χ1) is 12.6. The van der Waals surface area contributed by atoms with Crippen molar-refractivity contribution in [3.63, 3.8) is 0 Å². The van der Waals surface area contributed by atoms with Crippen molar-refractivity contribution < 1.29 is 23.8 Å². The Morgan fingerprint density at radius 3 is 2.73 bits per heavy atom. The first kappa shape index (κ1) is 18.1. The number of pyridine rings is 1. The number of likely N-dealkylation sites (tertiary alicyclic amines) is 1. The van der Waals surface area contributed by atoms with Gasteiger partial charge in [0.2, 0.25) is 0 Å². The second kappa shape index (κ2) is 8.14. The summed E-state index contributed by atoms with van der Waals surface area (Å²) in [6, 6.07) is 6.72. The van der Waals surface area contributed by atoms with Crippen LogP contribution in [-0.4, -0.2) is 47.3 Å². The molecule has 2 heterocycles. The minimum atomic E-state index is -0.985. The molecule has 26 heavy (non-hydrogen) atoms. The van der Waals surface area contributed by atoms with Crippen LogP contribution in [0.1, 0.15) is 24.4 Å². The van der Waals surface area contributed by atoms with Crippen molar-refractivity contribution in [3.8, 4) is 11.5 Å². The average molecular weight is 360 g/mol. The molecule has 1 aromatic heterocycles. The summed E-state index contributed by atoms with van der Waals surface area (Å²) in [5, 5.41) is 9.74. The number of methoxy groups -OCH3 is 1. The van der Waals surface area contributed by atoms with Gasteiger partial charge in [0, 0.05) is 30.9 Å². The van der Waals surface area contributed by atoms with Crippen molar-refractivity contribution in [2.45, 2.75) is 25.0 Å². The standard InChI is InChI=1S/C19H21FN2O4/c1-25-17-11-13(20)4-5-16(17)18(19(23)24)22-9-6-14(7-10-22)26-15-3-2-8-21-12-15/h2-5,8,11-12,14,18H,6-7,9-10H2,1H3,(H,23,24)/t18-/m1/s1. The van der Waals surface area contributed by atoms with Crippen molar-refractivity contribution in [2.75, 3.05) is 20.2 Å². The molecule has 0 amide bonds. The van der Waals surface area contributed by atoms with E-state index < -0.39 is 17.8 Å². The summed E-state index contributed by atoms with van der Waals surface area (Å²) in [6.45, 7) is 1.12. The number of hydrogen-bond donors (Lipinski definition) is 1. The van der Waals surface area contributed by atoms with Crippen molar-refractivity contribution in [2.24, 2.45) is 0 Å². The lowest BCUT2D eigenvalue weighted by Gasteiger charge is -2.36. The normalized spacial score (nSPS) is 16.8. The summed E-state index contributed by atoms with van der Waals surface area (Å²) in [6.07, 6.45) is 4.75. The predicted octanol–water partition coefficient (Wildman–Crippen LogP) is 2.90. The highest BCUT2D eigenvalue weighted by molar-refractivity contribution is 5.76. The van der Waals surface area contributed by atoms with Crippen LogP contribution in [-0.2, 0) is 4.79 Å². The number of piperidine rings is 1. The van der Waals surface area contributed by atoms with E-state index in [1.807, 2.05) is 17.0 Å². The van der Waals surface area contributed by atoms with Crippen molar-refractivity contribution in [3.05, 3.63) is 54.1 Å². The third-order valence-corrected chi connectivity index (χ3v) is 4.50. The van der Waals surface area contributed by atoms with E-state index >= 15 is 0 Å². The number of halogens is 1. The molecule has 1 aromatic carbocycles. The zero-order valence-electron chi connectivity index (χ0n) is 14.5. The van der Waals surface area contributed by atoms with Gasteiger partial charge in [-0.1, -0.05) is 6.07 Å². The zero-order valence-corrected chi connectivity index (χ0v) is 14.5. The van der Waals surface area contributed by atoms with Gasteiger partial charge in [0.05, 0.1) is 13.3 Å². The lowest BCUT2D eigenvalue weighted by atomic mass is 9.99. The monoisotopic (exact) mass is 360 g/mol. The average Bonchev–Trinajstić information content (AvgIpc) is 2.65. The highest BCUT2D eigenvalue weighted by Gasteiger charge is 2.33. The highest BCUT2D eigenvalue weighted by atomic mass is 19.1. The van der Waals surface area contributed by atoms with Crippen LogP contribution in [0.5, 0.6) is 11.5 Å². The number of carboxylic acids is 1. The van der Waals surface area contributed by atoms with Gasteiger partial charge in [-0.15, -0.1) is 0 Å². The molecular weight excluding hydrogens is 339 g/mol. The fourth-order valence-electron chi connectivity index (χ4n) is 3.26. The van der Waals surface area contributed by atoms with Crippen LogP contribution in [0, 0.1) is 5.82 Å². The molecule has 0 spiro atoms. The van der Waals surface area contributed by atoms with E-state index in [2.05, 4.69) is 4.98 Å². The Labute approximate surface area is 151 Å². The van der Waals surface area contributed by atoms with E-state index in [0.717, 1.165) is 0 Å². The van der Waals surface area contributed by atoms with E-state index in [-0.39, 0.29) is 11.9 Å². The maximum Gasteiger partial charge on any atom is 0.325 e. The fourth-order valence-corrected chi connectivity index (χ4v) is 3.26.